The maximum atomic E-state index is 15.1. The summed E-state index contributed by atoms with van der Waals surface area (Å²) in [6, 6.07) is 4.87. The molecule has 1 aliphatic carbocycles. The average molecular weight is 391 g/mol. The third-order valence-corrected chi connectivity index (χ3v) is 6.84. The largest absolute Gasteiger partial charge is 0.496 e. The van der Waals surface area contributed by atoms with Crippen molar-refractivity contribution in [2.24, 2.45) is 0 Å². The molecule has 2 N–H and O–H groups in total. The van der Waals surface area contributed by atoms with Crippen LogP contribution in [0.25, 0.3) is 11.1 Å². The fraction of sp³-hybridized carbons (Fsp3) is 0.455. The first kappa shape index (κ1) is 19.1. The number of benzene rings is 2. The SMILES string of the molecule is COc1cc(F)c(F)cc1-c1cc2c(cc1F)NC(C)(C)C1(O)CCCC21C. The minimum Gasteiger partial charge on any atom is -0.496 e. The summed E-state index contributed by atoms with van der Waals surface area (Å²) in [6.45, 7) is 5.83. The fourth-order valence-electron chi connectivity index (χ4n) is 5.23. The zero-order valence-electron chi connectivity index (χ0n) is 16.4. The molecule has 2 unspecified atom stereocenters. The van der Waals surface area contributed by atoms with Crippen molar-refractivity contribution < 1.29 is 23.0 Å². The molecule has 0 radical (unpaired) electrons. The Hall–Kier alpha value is -2.21. The van der Waals surface area contributed by atoms with E-state index in [1.54, 1.807) is 6.07 Å². The van der Waals surface area contributed by atoms with Gasteiger partial charge < -0.3 is 15.2 Å². The number of ether oxygens (including phenoxy) is 1. The Balaban J connectivity index is 1.97. The third kappa shape index (κ3) is 2.33. The lowest BCUT2D eigenvalue weighted by atomic mass is 9.60. The Morgan fingerprint density at radius 1 is 0.929 bits per heavy atom. The van der Waals surface area contributed by atoms with Crippen LogP contribution in [0.15, 0.2) is 24.3 Å². The number of nitrogens with one attached hydrogen (secondary N) is 1. The van der Waals surface area contributed by atoms with E-state index in [2.05, 4.69) is 5.32 Å². The smallest absolute Gasteiger partial charge is 0.162 e. The first-order chi connectivity index (χ1) is 13.0. The summed E-state index contributed by atoms with van der Waals surface area (Å²) in [5.41, 5.74) is -0.607. The van der Waals surface area contributed by atoms with Crippen LogP contribution in [0, 0.1) is 17.5 Å². The lowest BCUT2D eigenvalue weighted by molar-refractivity contribution is -0.0628. The van der Waals surface area contributed by atoms with E-state index in [1.807, 2.05) is 20.8 Å². The van der Waals surface area contributed by atoms with Crippen molar-refractivity contribution in [3.05, 3.63) is 47.3 Å². The molecule has 150 valence electrons. The molecule has 3 nitrogen and oxygen atoms in total. The zero-order valence-corrected chi connectivity index (χ0v) is 16.4. The van der Waals surface area contributed by atoms with Gasteiger partial charge in [0.15, 0.2) is 11.6 Å². The van der Waals surface area contributed by atoms with Crippen molar-refractivity contribution in [3.63, 3.8) is 0 Å². The molecule has 2 aromatic rings. The molecule has 2 aromatic carbocycles. The van der Waals surface area contributed by atoms with Crippen molar-refractivity contribution in [2.45, 2.75) is 56.6 Å². The number of fused-ring (bicyclic) bond motifs is 3. The molecule has 2 atom stereocenters. The van der Waals surface area contributed by atoms with E-state index in [0.717, 1.165) is 30.5 Å². The van der Waals surface area contributed by atoms with Crippen LogP contribution in [-0.4, -0.2) is 23.4 Å². The molecule has 4 rings (SSSR count). The average Bonchev–Trinajstić information content (AvgIpc) is 2.94. The highest BCUT2D eigenvalue weighted by Crippen LogP contribution is 2.59. The van der Waals surface area contributed by atoms with Crippen LogP contribution in [0.1, 0.15) is 45.6 Å². The molecule has 6 heteroatoms. The number of anilines is 1. The summed E-state index contributed by atoms with van der Waals surface area (Å²) < 4.78 is 47.7. The number of methoxy groups -OCH3 is 1. The Morgan fingerprint density at radius 3 is 2.29 bits per heavy atom. The van der Waals surface area contributed by atoms with E-state index in [-0.39, 0.29) is 16.9 Å². The lowest BCUT2D eigenvalue weighted by Gasteiger charge is -2.55. The zero-order chi connectivity index (χ0) is 20.5. The highest BCUT2D eigenvalue weighted by Gasteiger charge is 2.62. The lowest BCUT2D eigenvalue weighted by Crippen LogP contribution is -2.65. The maximum Gasteiger partial charge on any atom is 0.162 e. The summed E-state index contributed by atoms with van der Waals surface area (Å²) >= 11 is 0. The summed E-state index contributed by atoms with van der Waals surface area (Å²) in [5, 5.41) is 14.9. The molecule has 0 spiro atoms. The van der Waals surface area contributed by atoms with Gasteiger partial charge in [0.25, 0.3) is 0 Å². The molecule has 1 aliphatic heterocycles. The number of hydrogen-bond acceptors (Lipinski definition) is 3. The van der Waals surface area contributed by atoms with Crippen LogP contribution in [0.4, 0.5) is 18.9 Å². The molecule has 2 aliphatic rings. The first-order valence-electron chi connectivity index (χ1n) is 9.42. The van der Waals surface area contributed by atoms with Gasteiger partial charge >= 0.3 is 0 Å². The molecule has 0 amide bonds. The Bertz CT molecular complexity index is 975. The number of rotatable bonds is 2. The number of hydrogen-bond donors (Lipinski definition) is 2. The van der Waals surface area contributed by atoms with Gasteiger partial charge in [-0.1, -0.05) is 6.92 Å². The van der Waals surface area contributed by atoms with E-state index in [9.17, 15) is 13.9 Å². The molecular formula is C22H24F3NO2. The van der Waals surface area contributed by atoms with Gasteiger partial charge in [-0.3, -0.25) is 0 Å². The summed E-state index contributed by atoms with van der Waals surface area (Å²) in [6.07, 6.45) is 2.23. The maximum absolute atomic E-state index is 15.1. The summed E-state index contributed by atoms with van der Waals surface area (Å²) in [7, 11) is 1.33. The minimum absolute atomic E-state index is 0.0497. The second-order valence-electron chi connectivity index (χ2n) is 8.64. The quantitative estimate of drug-likeness (QED) is 0.743. The highest BCUT2D eigenvalue weighted by atomic mass is 19.2. The van der Waals surface area contributed by atoms with Crippen LogP contribution in [0.3, 0.4) is 0 Å². The third-order valence-electron chi connectivity index (χ3n) is 6.84. The molecule has 1 fully saturated rings. The van der Waals surface area contributed by atoms with Crippen LogP contribution < -0.4 is 10.1 Å². The van der Waals surface area contributed by atoms with Crippen molar-refractivity contribution >= 4 is 5.69 Å². The Labute approximate surface area is 162 Å². The first-order valence-corrected chi connectivity index (χ1v) is 9.42. The Morgan fingerprint density at radius 2 is 1.61 bits per heavy atom. The molecule has 0 saturated heterocycles. The second kappa shape index (κ2) is 5.89. The fourth-order valence-corrected chi connectivity index (χ4v) is 5.23. The molecule has 28 heavy (non-hydrogen) atoms. The summed E-state index contributed by atoms with van der Waals surface area (Å²) in [5.74, 6) is -2.65. The molecule has 0 bridgehead atoms. The Kier molecular flexibility index (Phi) is 4.03. The van der Waals surface area contributed by atoms with E-state index in [1.165, 1.54) is 13.2 Å². The van der Waals surface area contributed by atoms with Crippen molar-refractivity contribution in [3.8, 4) is 16.9 Å². The van der Waals surface area contributed by atoms with Crippen LogP contribution in [0.5, 0.6) is 5.75 Å². The van der Waals surface area contributed by atoms with Crippen molar-refractivity contribution in [1.82, 2.24) is 0 Å². The van der Waals surface area contributed by atoms with Gasteiger partial charge in [-0.2, -0.15) is 0 Å². The van der Waals surface area contributed by atoms with Crippen LogP contribution >= 0.6 is 0 Å². The molecule has 1 heterocycles. The topological polar surface area (TPSA) is 41.5 Å². The van der Waals surface area contributed by atoms with Gasteiger partial charge in [0, 0.05) is 28.3 Å². The number of aliphatic hydroxyl groups is 1. The van der Waals surface area contributed by atoms with Gasteiger partial charge in [0.1, 0.15) is 11.6 Å². The predicted molar refractivity (Wildman–Crippen MR) is 102 cm³/mol. The van der Waals surface area contributed by atoms with E-state index in [0.29, 0.717) is 12.1 Å². The van der Waals surface area contributed by atoms with Gasteiger partial charge in [0.05, 0.1) is 18.2 Å². The monoisotopic (exact) mass is 391 g/mol. The van der Waals surface area contributed by atoms with Crippen LogP contribution in [-0.2, 0) is 5.41 Å². The van der Waals surface area contributed by atoms with E-state index in [4.69, 9.17) is 4.74 Å². The van der Waals surface area contributed by atoms with Crippen LogP contribution in [0.2, 0.25) is 0 Å². The molecular weight excluding hydrogens is 367 g/mol. The summed E-state index contributed by atoms with van der Waals surface area (Å²) in [4.78, 5) is 0. The van der Waals surface area contributed by atoms with Gasteiger partial charge in [-0.05, 0) is 56.9 Å². The predicted octanol–water partition coefficient (Wildman–Crippen LogP) is 5.16. The molecule has 0 aromatic heterocycles. The number of halogens is 3. The van der Waals surface area contributed by atoms with Gasteiger partial charge in [-0.15, -0.1) is 0 Å². The minimum atomic E-state index is -1.07. The van der Waals surface area contributed by atoms with Gasteiger partial charge in [0.2, 0.25) is 0 Å². The normalized spacial score (nSPS) is 27.7. The molecule has 1 saturated carbocycles. The van der Waals surface area contributed by atoms with Gasteiger partial charge in [-0.25, -0.2) is 13.2 Å². The van der Waals surface area contributed by atoms with E-state index < -0.39 is 34.0 Å². The standard InChI is InChI=1S/C22H24F3NO2/c1-20(2)22(27)7-5-6-21(22,3)14-8-12(15(23)10-18(14)26-20)13-9-16(24)17(25)11-19(13)28-4/h8-11,26-27H,5-7H2,1-4H3. The van der Waals surface area contributed by atoms with Crippen molar-refractivity contribution in [1.29, 1.82) is 0 Å². The highest BCUT2D eigenvalue weighted by molar-refractivity contribution is 5.76. The second-order valence-corrected chi connectivity index (χ2v) is 8.64. The van der Waals surface area contributed by atoms with Crippen molar-refractivity contribution in [2.75, 3.05) is 12.4 Å². The van der Waals surface area contributed by atoms with E-state index >= 15 is 4.39 Å².